The van der Waals surface area contributed by atoms with E-state index >= 15 is 0 Å². The van der Waals surface area contributed by atoms with Crippen molar-refractivity contribution >= 4 is 17.8 Å². The van der Waals surface area contributed by atoms with Crippen molar-refractivity contribution in [1.82, 2.24) is 5.32 Å². The van der Waals surface area contributed by atoms with E-state index in [1.54, 1.807) is 44.2 Å². The number of carbonyl (C=O) groups is 3. The molecule has 2 N–H and O–H groups in total. The zero-order valence-corrected chi connectivity index (χ0v) is 14.7. The molecule has 136 valence electrons. The van der Waals surface area contributed by atoms with Gasteiger partial charge in [-0.05, 0) is 18.1 Å². The maximum atomic E-state index is 12.5. The van der Waals surface area contributed by atoms with E-state index in [0.29, 0.717) is 5.56 Å². The summed E-state index contributed by atoms with van der Waals surface area (Å²) in [4.78, 5) is 37.1. The summed E-state index contributed by atoms with van der Waals surface area (Å²) in [5, 5.41) is 13.1. The Morgan fingerprint density at radius 1 is 1.24 bits per heavy atom. The lowest BCUT2D eigenvalue weighted by molar-refractivity contribution is -0.163. The molecule has 7 nitrogen and oxygen atoms in total. The molecular formula is C18H23NO6. The molecule has 1 aliphatic heterocycles. The number of nitrogens with one attached hydrogen (secondary N) is 1. The quantitative estimate of drug-likeness (QED) is 0.766. The van der Waals surface area contributed by atoms with Gasteiger partial charge in [-0.25, -0.2) is 9.59 Å². The molecule has 0 radical (unpaired) electrons. The van der Waals surface area contributed by atoms with Gasteiger partial charge < -0.3 is 19.9 Å². The Labute approximate surface area is 146 Å². The highest BCUT2D eigenvalue weighted by Crippen LogP contribution is 2.35. The molecule has 25 heavy (non-hydrogen) atoms. The maximum Gasteiger partial charge on any atom is 0.338 e. The van der Waals surface area contributed by atoms with Gasteiger partial charge in [-0.3, -0.25) is 4.79 Å². The minimum Gasteiger partial charge on any atom is -0.467 e. The third-order valence-corrected chi connectivity index (χ3v) is 4.50. The van der Waals surface area contributed by atoms with Crippen LogP contribution < -0.4 is 5.32 Å². The average molecular weight is 349 g/mol. The van der Waals surface area contributed by atoms with E-state index in [1.165, 1.54) is 6.92 Å². The first-order chi connectivity index (χ1) is 11.8. The summed E-state index contributed by atoms with van der Waals surface area (Å²) in [7, 11) is 1.16. The molecular weight excluding hydrogens is 326 g/mol. The first kappa shape index (κ1) is 18.9. The molecule has 1 aromatic carbocycles. The Morgan fingerprint density at radius 2 is 1.84 bits per heavy atom. The summed E-state index contributed by atoms with van der Waals surface area (Å²) in [5.41, 5.74) is -1.54. The smallest absolute Gasteiger partial charge is 0.338 e. The first-order valence-corrected chi connectivity index (χ1v) is 8.10. The molecule has 1 amide bonds. The van der Waals surface area contributed by atoms with E-state index in [0.717, 1.165) is 7.11 Å². The Bertz CT molecular complexity index is 659. The van der Waals surface area contributed by atoms with Gasteiger partial charge in [-0.2, -0.15) is 0 Å². The zero-order chi connectivity index (χ0) is 18.8. The molecule has 1 aromatic rings. The second-order valence-electron chi connectivity index (χ2n) is 6.52. The van der Waals surface area contributed by atoms with E-state index in [-0.39, 0.29) is 5.92 Å². The van der Waals surface area contributed by atoms with Gasteiger partial charge >= 0.3 is 11.9 Å². The van der Waals surface area contributed by atoms with E-state index in [1.807, 2.05) is 0 Å². The Morgan fingerprint density at radius 3 is 2.28 bits per heavy atom. The van der Waals surface area contributed by atoms with Gasteiger partial charge in [0.1, 0.15) is 12.2 Å². The van der Waals surface area contributed by atoms with Crippen molar-refractivity contribution in [2.75, 3.05) is 7.11 Å². The molecule has 1 fully saturated rings. The fourth-order valence-electron chi connectivity index (χ4n) is 3.14. The molecule has 0 bridgehead atoms. The van der Waals surface area contributed by atoms with E-state index in [2.05, 4.69) is 5.32 Å². The summed E-state index contributed by atoms with van der Waals surface area (Å²) in [5.74, 6) is -3.21. The summed E-state index contributed by atoms with van der Waals surface area (Å²) in [6.45, 7) is 4.96. The molecule has 3 unspecified atom stereocenters. The van der Waals surface area contributed by atoms with Crippen LogP contribution in [0.5, 0.6) is 0 Å². The number of benzene rings is 1. The molecule has 1 saturated heterocycles. The number of aliphatic hydroxyl groups is 1. The van der Waals surface area contributed by atoms with Crippen molar-refractivity contribution in [3.05, 3.63) is 35.9 Å². The largest absolute Gasteiger partial charge is 0.467 e. The predicted molar refractivity (Wildman–Crippen MR) is 88.5 cm³/mol. The van der Waals surface area contributed by atoms with Crippen molar-refractivity contribution in [3.8, 4) is 0 Å². The predicted octanol–water partition coefficient (Wildman–Crippen LogP) is 0.907. The Kier molecular flexibility index (Phi) is 5.47. The van der Waals surface area contributed by atoms with Crippen LogP contribution >= 0.6 is 0 Å². The monoisotopic (exact) mass is 349 g/mol. The Balaban J connectivity index is 2.43. The molecule has 1 heterocycles. The van der Waals surface area contributed by atoms with Crippen LogP contribution in [0.15, 0.2) is 30.3 Å². The van der Waals surface area contributed by atoms with Gasteiger partial charge in [0, 0.05) is 0 Å². The van der Waals surface area contributed by atoms with Gasteiger partial charge in [0.05, 0.1) is 18.6 Å². The second-order valence-corrected chi connectivity index (χ2v) is 6.52. The average Bonchev–Trinajstić information content (AvgIpc) is 2.84. The van der Waals surface area contributed by atoms with Gasteiger partial charge in [0.15, 0.2) is 0 Å². The van der Waals surface area contributed by atoms with Crippen LogP contribution in [0, 0.1) is 11.8 Å². The third-order valence-electron chi connectivity index (χ3n) is 4.50. The van der Waals surface area contributed by atoms with E-state index < -0.39 is 41.5 Å². The van der Waals surface area contributed by atoms with Gasteiger partial charge in [-0.15, -0.1) is 0 Å². The van der Waals surface area contributed by atoms with Crippen LogP contribution in [0.1, 0.15) is 31.1 Å². The minimum atomic E-state index is -1.84. The highest BCUT2D eigenvalue weighted by molar-refractivity contribution is 5.96. The molecule has 0 aliphatic carbocycles. The van der Waals surface area contributed by atoms with Gasteiger partial charge in [0.2, 0.25) is 11.4 Å². The minimum absolute atomic E-state index is 0.306. The summed E-state index contributed by atoms with van der Waals surface area (Å²) >= 11 is 0. The zero-order valence-electron chi connectivity index (χ0n) is 14.7. The van der Waals surface area contributed by atoms with E-state index in [9.17, 15) is 19.5 Å². The number of esters is 2. The maximum absolute atomic E-state index is 12.5. The highest BCUT2D eigenvalue weighted by Gasteiger charge is 2.63. The SMILES string of the molecule is COC(=O)C1(C(OC(=O)c2ccccc2)C(C)C)NC(=O)[C@@H](C)C1O. The summed E-state index contributed by atoms with van der Waals surface area (Å²) < 4.78 is 10.4. The van der Waals surface area contributed by atoms with Gasteiger partial charge in [-0.1, -0.05) is 39.0 Å². The highest BCUT2D eigenvalue weighted by atomic mass is 16.6. The molecule has 1 aliphatic rings. The molecule has 4 atom stereocenters. The van der Waals surface area contributed by atoms with Crippen molar-refractivity contribution in [2.24, 2.45) is 11.8 Å². The van der Waals surface area contributed by atoms with Crippen LogP contribution in [0.2, 0.25) is 0 Å². The number of amides is 1. The third kappa shape index (κ3) is 3.24. The normalized spacial score (nSPS) is 26.9. The number of hydrogen-bond acceptors (Lipinski definition) is 6. The van der Waals surface area contributed by atoms with Crippen molar-refractivity contribution in [3.63, 3.8) is 0 Å². The molecule has 2 rings (SSSR count). The number of hydrogen-bond donors (Lipinski definition) is 2. The fraction of sp³-hybridized carbons (Fsp3) is 0.500. The molecule has 0 aromatic heterocycles. The summed E-state index contributed by atoms with van der Waals surface area (Å²) in [6, 6.07) is 8.29. The standard InChI is InChI=1S/C18H23NO6/c1-10(2)14(25-16(22)12-8-6-5-7-9-12)18(17(23)24-4)13(20)11(3)15(21)19-18/h5-11,13-14,20H,1-4H3,(H,19,21)/t11-,13?,14?,18?/m0/s1. The molecule has 0 spiro atoms. The Hall–Kier alpha value is -2.41. The van der Waals surface area contributed by atoms with Crippen LogP contribution in [0.3, 0.4) is 0 Å². The number of rotatable bonds is 5. The first-order valence-electron chi connectivity index (χ1n) is 8.10. The molecule has 0 saturated carbocycles. The van der Waals surface area contributed by atoms with Crippen LogP contribution in [0.25, 0.3) is 0 Å². The van der Waals surface area contributed by atoms with Crippen LogP contribution in [-0.2, 0) is 19.1 Å². The lowest BCUT2D eigenvalue weighted by Crippen LogP contribution is -2.66. The number of ether oxygens (including phenoxy) is 2. The van der Waals surface area contributed by atoms with Crippen molar-refractivity contribution in [1.29, 1.82) is 0 Å². The van der Waals surface area contributed by atoms with Crippen LogP contribution in [-0.4, -0.2) is 47.8 Å². The van der Waals surface area contributed by atoms with Crippen molar-refractivity contribution < 1.29 is 29.0 Å². The second kappa shape index (κ2) is 7.23. The fourth-order valence-corrected chi connectivity index (χ4v) is 3.14. The van der Waals surface area contributed by atoms with Gasteiger partial charge in [0.25, 0.3) is 0 Å². The number of methoxy groups -OCH3 is 1. The molecule has 7 heteroatoms. The number of carbonyl (C=O) groups excluding carboxylic acids is 3. The lowest BCUT2D eigenvalue weighted by atomic mass is 9.79. The summed E-state index contributed by atoms with van der Waals surface area (Å²) in [6.07, 6.45) is -2.49. The topological polar surface area (TPSA) is 102 Å². The van der Waals surface area contributed by atoms with Crippen molar-refractivity contribution in [2.45, 2.75) is 38.5 Å². The van der Waals surface area contributed by atoms with Crippen LogP contribution in [0.4, 0.5) is 0 Å². The number of aliphatic hydroxyl groups excluding tert-OH is 1. The lowest BCUT2D eigenvalue weighted by Gasteiger charge is -2.38. The van der Waals surface area contributed by atoms with E-state index in [4.69, 9.17) is 9.47 Å².